The molecule has 6 nitrogen and oxygen atoms in total. The van der Waals surface area contributed by atoms with E-state index in [0.29, 0.717) is 38.9 Å². The molecule has 1 heterocycles. The van der Waals surface area contributed by atoms with Gasteiger partial charge in [-0.1, -0.05) is 0 Å². The Morgan fingerprint density at radius 1 is 0.818 bits per heavy atom. The topological polar surface area (TPSA) is 81.9 Å². The van der Waals surface area contributed by atoms with E-state index < -0.39 is 0 Å². The van der Waals surface area contributed by atoms with Gasteiger partial charge in [-0.15, -0.1) is 0 Å². The largest absolute Gasteiger partial charge is 0.381 e. The van der Waals surface area contributed by atoms with Crippen LogP contribution >= 0.6 is 0 Å². The van der Waals surface area contributed by atoms with Gasteiger partial charge in [0.05, 0.1) is 0 Å². The number of ether oxygens (including phenoxy) is 2. The number of unbranched alkanes of at least 4 members (excludes halogenated alkanes) is 1. The molecule has 1 fully saturated rings. The van der Waals surface area contributed by atoms with Gasteiger partial charge in [0.15, 0.2) is 0 Å². The highest BCUT2D eigenvalue weighted by atomic mass is 16.5. The van der Waals surface area contributed by atoms with Crippen molar-refractivity contribution in [3.05, 3.63) is 0 Å². The molecule has 0 radical (unpaired) electrons. The molecule has 0 aromatic heterocycles. The first-order valence-corrected chi connectivity index (χ1v) is 8.41. The van der Waals surface area contributed by atoms with Crippen molar-refractivity contribution in [1.29, 1.82) is 0 Å². The van der Waals surface area contributed by atoms with Crippen LogP contribution in [0.3, 0.4) is 0 Å². The first kappa shape index (κ1) is 18.9. The summed E-state index contributed by atoms with van der Waals surface area (Å²) in [7, 11) is 0. The van der Waals surface area contributed by atoms with Crippen LogP contribution in [0.25, 0.3) is 0 Å². The molecule has 0 aromatic rings. The minimum Gasteiger partial charge on any atom is -0.381 e. The predicted octanol–water partition coefficient (Wildman–Crippen LogP) is 1.47. The second-order valence-electron chi connectivity index (χ2n) is 5.69. The van der Waals surface area contributed by atoms with Gasteiger partial charge in [0.2, 0.25) is 11.8 Å². The standard InChI is InChI=1S/C16H30N2O4/c17-15(19)7-1-2-8-16(20)18-9-5-13-21-11-3-4-12-22-14-6-10-18/h1-14H2,(H2,17,19). The zero-order valence-corrected chi connectivity index (χ0v) is 13.6. The summed E-state index contributed by atoms with van der Waals surface area (Å²) < 4.78 is 11.1. The Hall–Kier alpha value is -1.14. The Bertz CT molecular complexity index is 309. The zero-order valence-electron chi connectivity index (χ0n) is 13.6. The highest BCUT2D eigenvalue weighted by Crippen LogP contribution is 2.06. The fourth-order valence-corrected chi connectivity index (χ4v) is 2.42. The maximum Gasteiger partial charge on any atom is 0.222 e. The molecule has 1 aliphatic heterocycles. The molecule has 1 rings (SSSR count). The van der Waals surface area contributed by atoms with E-state index in [-0.39, 0.29) is 11.8 Å². The summed E-state index contributed by atoms with van der Waals surface area (Å²) in [5.41, 5.74) is 5.10. The first-order chi connectivity index (χ1) is 10.7. The number of amides is 2. The molecule has 1 aliphatic rings. The van der Waals surface area contributed by atoms with Crippen LogP contribution in [0.4, 0.5) is 0 Å². The third-order valence-electron chi connectivity index (χ3n) is 3.68. The van der Waals surface area contributed by atoms with Crippen molar-refractivity contribution < 1.29 is 19.1 Å². The summed E-state index contributed by atoms with van der Waals surface area (Å²) >= 11 is 0. The van der Waals surface area contributed by atoms with Crippen LogP contribution in [0.15, 0.2) is 0 Å². The molecular formula is C16H30N2O4. The number of hydrogen-bond donors (Lipinski definition) is 1. The van der Waals surface area contributed by atoms with Gasteiger partial charge < -0.3 is 20.1 Å². The fourth-order valence-electron chi connectivity index (χ4n) is 2.42. The maximum absolute atomic E-state index is 12.3. The normalized spacial score (nSPS) is 18.8. The fraction of sp³-hybridized carbons (Fsp3) is 0.875. The third kappa shape index (κ3) is 9.73. The minimum atomic E-state index is -0.302. The lowest BCUT2D eigenvalue weighted by molar-refractivity contribution is -0.132. The van der Waals surface area contributed by atoms with E-state index in [1.54, 1.807) is 0 Å². The molecule has 0 bridgehead atoms. The van der Waals surface area contributed by atoms with Crippen LogP contribution in [-0.4, -0.2) is 56.2 Å². The smallest absolute Gasteiger partial charge is 0.222 e. The van der Waals surface area contributed by atoms with Crippen molar-refractivity contribution in [2.24, 2.45) is 5.73 Å². The number of hydrogen-bond acceptors (Lipinski definition) is 4. The lowest BCUT2D eigenvalue weighted by Crippen LogP contribution is -2.33. The summed E-state index contributed by atoms with van der Waals surface area (Å²) in [6.07, 6.45) is 6.03. The quantitative estimate of drug-likeness (QED) is 0.779. The van der Waals surface area contributed by atoms with E-state index >= 15 is 0 Å². The van der Waals surface area contributed by atoms with E-state index in [9.17, 15) is 9.59 Å². The second-order valence-corrected chi connectivity index (χ2v) is 5.69. The van der Waals surface area contributed by atoms with Crippen molar-refractivity contribution in [2.45, 2.75) is 51.4 Å². The van der Waals surface area contributed by atoms with Crippen LogP contribution in [0, 0.1) is 0 Å². The highest BCUT2D eigenvalue weighted by molar-refractivity contribution is 5.76. The van der Waals surface area contributed by atoms with E-state index in [0.717, 1.165) is 52.0 Å². The van der Waals surface area contributed by atoms with Crippen molar-refractivity contribution in [3.8, 4) is 0 Å². The van der Waals surface area contributed by atoms with Gasteiger partial charge in [0, 0.05) is 52.4 Å². The van der Waals surface area contributed by atoms with Gasteiger partial charge in [-0.3, -0.25) is 9.59 Å². The van der Waals surface area contributed by atoms with Gasteiger partial charge in [-0.25, -0.2) is 0 Å². The summed E-state index contributed by atoms with van der Waals surface area (Å²) in [6.45, 7) is 4.40. The van der Waals surface area contributed by atoms with Gasteiger partial charge >= 0.3 is 0 Å². The van der Waals surface area contributed by atoms with Crippen molar-refractivity contribution in [2.75, 3.05) is 39.5 Å². The Balaban J connectivity index is 2.30. The van der Waals surface area contributed by atoms with Crippen molar-refractivity contribution >= 4 is 11.8 Å². The van der Waals surface area contributed by atoms with Crippen LogP contribution in [-0.2, 0) is 19.1 Å². The molecule has 0 unspecified atom stereocenters. The maximum atomic E-state index is 12.3. The number of rotatable bonds is 5. The summed E-state index contributed by atoms with van der Waals surface area (Å²) in [4.78, 5) is 24.8. The van der Waals surface area contributed by atoms with Crippen LogP contribution < -0.4 is 5.73 Å². The second kappa shape index (κ2) is 12.4. The average molecular weight is 314 g/mol. The summed E-state index contributed by atoms with van der Waals surface area (Å²) in [5.74, 6) is -0.150. The number of nitrogens with zero attached hydrogens (tertiary/aromatic N) is 1. The molecule has 0 saturated carbocycles. The molecule has 0 aliphatic carbocycles. The molecular weight excluding hydrogens is 284 g/mol. The van der Waals surface area contributed by atoms with E-state index in [4.69, 9.17) is 15.2 Å². The Morgan fingerprint density at radius 3 is 1.86 bits per heavy atom. The summed E-state index contributed by atoms with van der Waals surface area (Å²) in [6, 6.07) is 0. The molecule has 0 aromatic carbocycles. The zero-order chi connectivity index (χ0) is 16.0. The van der Waals surface area contributed by atoms with Crippen molar-refractivity contribution in [3.63, 3.8) is 0 Å². The Labute approximate surface area is 133 Å². The lowest BCUT2D eigenvalue weighted by Gasteiger charge is -2.22. The van der Waals surface area contributed by atoms with Gasteiger partial charge in [0.25, 0.3) is 0 Å². The molecule has 0 spiro atoms. The van der Waals surface area contributed by atoms with Crippen LogP contribution in [0.2, 0.25) is 0 Å². The Kier molecular flexibility index (Phi) is 10.7. The van der Waals surface area contributed by atoms with Gasteiger partial charge in [-0.05, 0) is 38.5 Å². The number of primary amides is 1. The van der Waals surface area contributed by atoms with Crippen LogP contribution in [0.1, 0.15) is 51.4 Å². The van der Waals surface area contributed by atoms with E-state index in [1.807, 2.05) is 4.90 Å². The van der Waals surface area contributed by atoms with Gasteiger partial charge in [0.1, 0.15) is 0 Å². The molecule has 2 amide bonds. The minimum absolute atomic E-state index is 0.152. The molecule has 6 heteroatoms. The monoisotopic (exact) mass is 314 g/mol. The van der Waals surface area contributed by atoms with Gasteiger partial charge in [-0.2, -0.15) is 0 Å². The lowest BCUT2D eigenvalue weighted by atomic mass is 10.1. The van der Waals surface area contributed by atoms with E-state index in [1.165, 1.54) is 0 Å². The number of nitrogens with two attached hydrogens (primary N) is 1. The predicted molar refractivity (Wildman–Crippen MR) is 84.3 cm³/mol. The average Bonchev–Trinajstić information content (AvgIpc) is 2.52. The van der Waals surface area contributed by atoms with Crippen LogP contribution in [0.5, 0.6) is 0 Å². The SMILES string of the molecule is NC(=O)CCCCC(=O)N1CCCOCCCCOCCC1. The molecule has 128 valence electrons. The Morgan fingerprint density at radius 2 is 1.32 bits per heavy atom. The first-order valence-electron chi connectivity index (χ1n) is 8.41. The molecule has 1 saturated heterocycles. The number of carbonyl (C=O) groups excluding carboxylic acids is 2. The third-order valence-corrected chi connectivity index (χ3v) is 3.68. The molecule has 22 heavy (non-hydrogen) atoms. The highest BCUT2D eigenvalue weighted by Gasteiger charge is 2.13. The molecule has 2 N–H and O–H groups in total. The van der Waals surface area contributed by atoms with E-state index in [2.05, 4.69) is 0 Å². The summed E-state index contributed by atoms with van der Waals surface area (Å²) in [5, 5.41) is 0. The molecule has 0 atom stereocenters. The number of carbonyl (C=O) groups is 2. The van der Waals surface area contributed by atoms with Crippen molar-refractivity contribution in [1.82, 2.24) is 4.90 Å².